The van der Waals surface area contributed by atoms with Gasteiger partial charge in [0.1, 0.15) is 5.82 Å². The highest BCUT2D eigenvalue weighted by Crippen LogP contribution is 2.27. The Bertz CT molecular complexity index is 450. The van der Waals surface area contributed by atoms with Crippen LogP contribution in [0, 0.1) is 11.7 Å². The molecule has 1 heterocycles. The number of anilines is 1. The number of nitrogens with two attached hydrogens (primary N) is 1. The molecule has 1 aromatic carbocycles. The molecule has 0 aliphatic carbocycles. The second-order valence-corrected chi connectivity index (χ2v) is 4.68. The predicted octanol–water partition coefficient (Wildman–Crippen LogP) is 0.970. The molecular formula is C13H18FN3O. The second-order valence-electron chi connectivity index (χ2n) is 4.68. The highest BCUT2D eigenvalue weighted by atomic mass is 19.1. The summed E-state index contributed by atoms with van der Waals surface area (Å²) in [5.74, 6) is -0.458. The Labute approximate surface area is 106 Å². The number of nitrogens with one attached hydrogen (secondary N) is 1. The van der Waals surface area contributed by atoms with Gasteiger partial charge in [0.2, 0.25) is 0 Å². The first-order valence-electron chi connectivity index (χ1n) is 6.10. The van der Waals surface area contributed by atoms with Gasteiger partial charge in [-0.25, -0.2) is 4.39 Å². The number of hydrogen-bond acceptors (Lipinski definition) is 3. The third-order valence-corrected chi connectivity index (χ3v) is 3.34. The molecule has 0 radical (unpaired) electrons. The fraction of sp³-hybridized carbons (Fsp3) is 0.462. The summed E-state index contributed by atoms with van der Waals surface area (Å²) in [4.78, 5) is 13.5. The van der Waals surface area contributed by atoms with Crippen LogP contribution < -0.4 is 16.0 Å². The molecule has 5 heteroatoms. The van der Waals surface area contributed by atoms with Crippen LogP contribution in [0.3, 0.4) is 0 Å². The van der Waals surface area contributed by atoms with E-state index in [1.165, 1.54) is 12.1 Å². The molecule has 18 heavy (non-hydrogen) atoms. The van der Waals surface area contributed by atoms with Crippen LogP contribution in [0.1, 0.15) is 16.8 Å². The maximum absolute atomic E-state index is 13.2. The minimum absolute atomic E-state index is 0.264. The van der Waals surface area contributed by atoms with Crippen molar-refractivity contribution >= 4 is 11.6 Å². The molecule has 1 aromatic rings. The van der Waals surface area contributed by atoms with Crippen LogP contribution in [0.5, 0.6) is 0 Å². The smallest absolute Gasteiger partial charge is 0.250 e. The van der Waals surface area contributed by atoms with Crippen LogP contribution in [-0.4, -0.2) is 32.6 Å². The third-order valence-electron chi connectivity index (χ3n) is 3.34. The van der Waals surface area contributed by atoms with E-state index < -0.39 is 11.7 Å². The molecule has 1 saturated heterocycles. The van der Waals surface area contributed by atoms with Crippen molar-refractivity contribution in [2.45, 2.75) is 6.42 Å². The summed E-state index contributed by atoms with van der Waals surface area (Å²) in [6.07, 6.45) is 1.07. The van der Waals surface area contributed by atoms with E-state index in [9.17, 15) is 9.18 Å². The van der Waals surface area contributed by atoms with Crippen LogP contribution >= 0.6 is 0 Å². The van der Waals surface area contributed by atoms with Gasteiger partial charge >= 0.3 is 0 Å². The molecular weight excluding hydrogens is 233 g/mol. The van der Waals surface area contributed by atoms with Gasteiger partial charge in [0.25, 0.3) is 5.91 Å². The van der Waals surface area contributed by atoms with Gasteiger partial charge in [-0.05, 0) is 44.1 Å². The molecule has 0 aromatic heterocycles. The van der Waals surface area contributed by atoms with Crippen molar-refractivity contribution in [1.82, 2.24) is 5.32 Å². The Morgan fingerprint density at radius 1 is 1.61 bits per heavy atom. The van der Waals surface area contributed by atoms with E-state index in [1.807, 2.05) is 7.05 Å². The normalized spacial score (nSPS) is 19.2. The summed E-state index contributed by atoms with van der Waals surface area (Å²) in [5.41, 5.74) is 6.30. The van der Waals surface area contributed by atoms with Crippen molar-refractivity contribution < 1.29 is 9.18 Å². The largest absolute Gasteiger partial charge is 0.371 e. The third kappa shape index (κ3) is 2.61. The van der Waals surface area contributed by atoms with Crippen LogP contribution in [0.15, 0.2) is 18.2 Å². The first-order valence-corrected chi connectivity index (χ1v) is 6.10. The highest BCUT2D eigenvalue weighted by molar-refractivity contribution is 5.98. The number of benzene rings is 1. The van der Waals surface area contributed by atoms with Gasteiger partial charge in [-0.2, -0.15) is 0 Å². The average molecular weight is 251 g/mol. The van der Waals surface area contributed by atoms with Crippen molar-refractivity contribution in [3.63, 3.8) is 0 Å². The van der Waals surface area contributed by atoms with Gasteiger partial charge in [0.15, 0.2) is 0 Å². The number of carbonyl (C=O) groups excluding carboxylic acids is 1. The zero-order valence-corrected chi connectivity index (χ0v) is 10.4. The van der Waals surface area contributed by atoms with Crippen LogP contribution in [0.2, 0.25) is 0 Å². The van der Waals surface area contributed by atoms with Crippen molar-refractivity contribution in [2.24, 2.45) is 11.7 Å². The number of halogens is 1. The molecule has 98 valence electrons. The Kier molecular flexibility index (Phi) is 3.81. The molecule has 1 fully saturated rings. The maximum Gasteiger partial charge on any atom is 0.250 e. The fourth-order valence-electron chi connectivity index (χ4n) is 2.49. The molecule has 1 aliphatic heterocycles. The summed E-state index contributed by atoms with van der Waals surface area (Å²) >= 11 is 0. The van der Waals surface area contributed by atoms with Crippen molar-refractivity contribution in [1.29, 1.82) is 0 Å². The average Bonchev–Trinajstić information content (AvgIpc) is 2.78. The standard InChI is InChI=1S/C13H18FN3O/c1-16-7-9-4-5-17(8-9)12-3-2-10(14)6-11(12)13(15)18/h2-3,6,9,16H,4-5,7-8H2,1H3,(H2,15,18). The number of nitrogens with zero attached hydrogens (tertiary/aromatic N) is 1. The Balaban J connectivity index is 2.21. The van der Waals surface area contributed by atoms with Crippen LogP contribution in [0.4, 0.5) is 10.1 Å². The fourth-order valence-corrected chi connectivity index (χ4v) is 2.49. The van der Waals surface area contributed by atoms with Crippen LogP contribution in [-0.2, 0) is 0 Å². The summed E-state index contributed by atoms with van der Waals surface area (Å²) < 4.78 is 13.2. The molecule has 3 N–H and O–H groups in total. The second kappa shape index (κ2) is 5.35. The highest BCUT2D eigenvalue weighted by Gasteiger charge is 2.24. The van der Waals surface area contributed by atoms with Gasteiger partial charge in [-0.1, -0.05) is 0 Å². The maximum atomic E-state index is 13.2. The van der Waals surface area contributed by atoms with E-state index in [4.69, 9.17) is 5.73 Å². The molecule has 0 spiro atoms. The van der Waals surface area contributed by atoms with E-state index in [1.54, 1.807) is 6.07 Å². The molecule has 0 saturated carbocycles. The minimum atomic E-state index is -0.582. The number of amides is 1. The van der Waals surface area contributed by atoms with Crippen molar-refractivity contribution in [2.75, 3.05) is 31.6 Å². The van der Waals surface area contributed by atoms with Gasteiger partial charge in [-0.3, -0.25) is 4.79 Å². The Hall–Kier alpha value is -1.62. The van der Waals surface area contributed by atoms with Crippen LogP contribution in [0.25, 0.3) is 0 Å². The zero-order chi connectivity index (χ0) is 13.1. The van der Waals surface area contributed by atoms with Crippen molar-refractivity contribution in [3.05, 3.63) is 29.6 Å². The van der Waals surface area contributed by atoms with E-state index in [0.29, 0.717) is 5.92 Å². The molecule has 1 amide bonds. The van der Waals surface area contributed by atoms with E-state index in [0.717, 1.165) is 31.7 Å². The Morgan fingerprint density at radius 3 is 3.06 bits per heavy atom. The molecule has 1 atom stereocenters. The zero-order valence-electron chi connectivity index (χ0n) is 10.4. The molecule has 1 unspecified atom stereocenters. The molecule has 4 nitrogen and oxygen atoms in total. The predicted molar refractivity (Wildman–Crippen MR) is 69.2 cm³/mol. The Morgan fingerprint density at radius 2 is 2.39 bits per heavy atom. The first kappa shape index (κ1) is 12.8. The van der Waals surface area contributed by atoms with E-state index in [-0.39, 0.29) is 5.56 Å². The lowest BCUT2D eigenvalue weighted by Crippen LogP contribution is -2.26. The van der Waals surface area contributed by atoms with Gasteiger partial charge < -0.3 is 16.0 Å². The molecule has 1 aliphatic rings. The number of rotatable bonds is 4. The summed E-state index contributed by atoms with van der Waals surface area (Å²) in [7, 11) is 1.93. The first-order chi connectivity index (χ1) is 8.61. The minimum Gasteiger partial charge on any atom is -0.371 e. The lowest BCUT2D eigenvalue weighted by Gasteiger charge is -2.21. The molecule has 0 bridgehead atoms. The lowest BCUT2D eigenvalue weighted by molar-refractivity contribution is 0.100. The van der Waals surface area contributed by atoms with Gasteiger partial charge in [0, 0.05) is 18.8 Å². The molecule has 2 rings (SSSR count). The topological polar surface area (TPSA) is 58.4 Å². The van der Waals surface area contributed by atoms with Gasteiger partial charge in [0.05, 0.1) is 5.56 Å². The number of primary amides is 1. The lowest BCUT2D eigenvalue weighted by atomic mass is 10.1. The summed E-state index contributed by atoms with van der Waals surface area (Å²) in [6.45, 7) is 2.69. The SMILES string of the molecule is CNCC1CCN(c2ccc(F)cc2C(N)=O)C1. The van der Waals surface area contributed by atoms with Gasteiger partial charge in [-0.15, -0.1) is 0 Å². The van der Waals surface area contributed by atoms with E-state index >= 15 is 0 Å². The summed E-state index contributed by atoms with van der Waals surface area (Å²) in [5, 5.41) is 3.15. The van der Waals surface area contributed by atoms with Crippen molar-refractivity contribution in [3.8, 4) is 0 Å². The quantitative estimate of drug-likeness (QED) is 0.838. The number of hydrogen-bond donors (Lipinski definition) is 2. The monoisotopic (exact) mass is 251 g/mol. The summed E-state index contributed by atoms with van der Waals surface area (Å²) in [6, 6.07) is 4.22. The van der Waals surface area contributed by atoms with E-state index in [2.05, 4.69) is 10.2 Å². The number of carbonyl (C=O) groups is 1.